The van der Waals surface area contributed by atoms with Crippen molar-refractivity contribution in [2.24, 2.45) is 4.99 Å². The molecule has 0 amide bonds. The van der Waals surface area contributed by atoms with Crippen LogP contribution >= 0.6 is 11.6 Å². The summed E-state index contributed by atoms with van der Waals surface area (Å²) in [5.41, 5.74) is 0. The van der Waals surface area contributed by atoms with Crippen LogP contribution in [-0.2, 0) is 0 Å². The molecule has 0 aliphatic rings. The second-order valence-electron chi connectivity index (χ2n) is 1.36. The molecular weight excluding hydrogens is 122 g/mol. The molecular formula is C6H10ClN. The van der Waals surface area contributed by atoms with E-state index >= 15 is 0 Å². The van der Waals surface area contributed by atoms with Crippen molar-refractivity contribution in [3.8, 4) is 0 Å². The number of halogens is 1. The Kier molecular flexibility index (Phi) is 4.67. The van der Waals surface area contributed by atoms with Gasteiger partial charge in [0, 0.05) is 7.05 Å². The highest BCUT2D eigenvalue weighted by molar-refractivity contribution is 6.68. The first-order valence-corrected chi connectivity index (χ1v) is 2.98. The Morgan fingerprint density at radius 2 is 2.38 bits per heavy atom. The van der Waals surface area contributed by atoms with Crippen LogP contribution in [0.15, 0.2) is 17.1 Å². The molecule has 0 N–H and O–H groups in total. The van der Waals surface area contributed by atoms with Gasteiger partial charge >= 0.3 is 0 Å². The lowest BCUT2D eigenvalue weighted by Crippen LogP contribution is -1.75. The molecule has 0 aromatic heterocycles. The van der Waals surface area contributed by atoms with Gasteiger partial charge in [0.2, 0.25) is 0 Å². The van der Waals surface area contributed by atoms with Gasteiger partial charge in [0.15, 0.2) is 0 Å². The van der Waals surface area contributed by atoms with Crippen molar-refractivity contribution in [2.45, 2.75) is 13.3 Å². The number of hydrogen-bond donors (Lipinski definition) is 0. The number of aliphatic imine (C=N–C) groups is 1. The first kappa shape index (κ1) is 7.70. The molecule has 0 fully saturated rings. The lowest BCUT2D eigenvalue weighted by atomic mass is 10.4. The topological polar surface area (TPSA) is 12.4 Å². The fourth-order valence-corrected chi connectivity index (χ4v) is 0.379. The largest absolute Gasteiger partial charge is 0.277 e. The Morgan fingerprint density at radius 3 is 2.75 bits per heavy atom. The zero-order valence-electron chi connectivity index (χ0n) is 5.19. The van der Waals surface area contributed by atoms with Crippen molar-refractivity contribution >= 4 is 16.8 Å². The van der Waals surface area contributed by atoms with E-state index in [0.717, 1.165) is 6.42 Å². The van der Waals surface area contributed by atoms with Crippen LogP contribution in [0.5, 0.6) is 0 Å². The van der Waals surface area contributed by atoms with Crippen molar-refractivity contribution < 1.29 is 0 Å². The maximum Gasteiger partial charge on any atom is 0.122 e. The van der Waals surface area contributed by atoms with Crippen LogP contribution in [0.2, 0.25) is 0 Å². The first-order valence-electron chi connectivity index (χ1n) is 2.60. The summed E-state index contributed by atoms with van der Waals surface area (Å²) < 4.78 is 0. The molecule has 0 rings (SSSR count). The lowest BCUT2D eigenvalue weighted by Gasteiger charge is -1.80. The quantitative estimate of drug-likeness (QED) is 0.510. The SMILES string of the molecule is CCC=CC(Cl)=NC. The van der Waals surface area contributed by atoms with Gasteiger partial charge in [-0.15, -0.1) is 0 Å². The smallest absolute Gasteiger partial charge is 0.122 e. The normalized spacial score (nSPS) is 13.1. The van der Waals surface area contributed by atoms with Crippen LogP contribution in [0, 0.1) is 0 Å². The summed E-state index contributed by atoms with van der Waals surface area (Å²) in [4.78, 5) is 3.72. The molecule has 1 nitrogen and oxygen atoms in total. The monoisotopic (exact) mass is 131 g/mol. The minimum atomic E-state index is 0.562. The van der Waals surface area contributed by atoms with Gasteiger partial charge in [-0.3, -0.25) is 4.99 Å². The van der Waals surface area contributed by atoms with Crippen LogP contribution in [-0.4, -0.2) is 12.2 Å². The number of nitrogens with zero attached hydrogens (tertiary/aromatic N) is 1. The van der Waals surface area contributed by atoms with Gasteiger partial charge in [-0.1, -0.05) is 24.6 Å². The average Bonchev–Trinajstić information content (AvgIpc) is 1.83. The summed E-state index contributed by atoms with van der Waals surface area (Å²) >= 11 is 5.51. The molecule has 0 aromatic carbocycles. The van der Waals surface area contributed by atoms with Crippen molar-refractivity contribution in [2.75, 3.05) is 7.05 Å². The van der Waals surface area contributed by atoms with Crippen molar-refractivity contribution in [1.29, 1.82) is 0 Å². The van der Waals surface area contributed by atoms with Crippen molar-refractivity contribution in [3.05, 3.63) is 12.2 Å². The Labute approximate surface area is 55.1 Å². The summed E-state index contributed by atoms with van der Waals surface area (Å²) in [6.07, 6.45) is 4.77. The summed E-state index contributed by atoms with van der Waals surface area (Å²) in [5, 5.41) is 0.562. The minimum Gasteiger partial charge on any atom is -0.277 e. The summed E-state index contributed by atoms with van der Waals surface area (Å²) in [7, 11) is 1.67. The molecule has 0 aromatic rings. The average molecular weight is 132 g/mol. The van der Waals surface area contributed by atoms with E-state index in [0.29, 0.717) is 5.17 Å². The highest BCUT2D eigenvalue weighted by atomic mass is 35.5. The summed E-state index contributed by atoms with van der Waals surface area (Å²) in [6.45, 7) is 2.05. The molecule has 0 saturated heterocycles. The molecule has 0 spiro atoms. The van der Waals surface area contributed by atoms with E-state index in [4.69, 9.17) is 11.6 Å². The molecule has 8 heavy (non-hydrogen) atoms. The molecule has 0 aliphatic carbocycles. The van der Waals surface area contributed by atoms with Crippen LogP contribution < -0.4 is 0 Å². The van der Waals surface area contributed by atoms with E-state index in [2.05, 4.69) is 11.9 Å². The number of rotatable bonds is 2. The van der Waals surface area contributed by atoms with Crippen LogP contribution in [0.3, 0.4) is 0 Å². The molecule has 0 radical (unpaired) electrons. The Hall–Kier alpha value is -0.300. The van der Waals surface area contributed by atoms with Crippen molar-refractivity contribution in [1.82, 2.24) is 0 Å². The van der Waals surface area contributed by atoms with E-state index in [1.165, 1.54) is 0 Å². The molecule has 0 unspecified atom stereocenters. The predicted molar refractivity (Wildman–Crippen MR) is 38.6 cm³/mol. The van der Waals surface area contributed by atoms with E-state index in [1.807, 2.05) is 6.08 Å². The van der Waals surface area contributed by atoms with Crippen LogP contribution in [0.25, 0.3) is 0 Å². The zero-order valence-corrected chi connectivity index (χ0v) is 5.94. The number of allylic oxidation sites excluding steroid dienone is 2. The molecule has 0 aliphatic heterocycles. The van der Waals surface area contributed by atoms with E-state index in [1.54, 1.807) is 13.1 Å². The lowest BCUT2D eigenvalue weighted by molar-refractivity contribution is 1.23. The maximum atomic E-state index is 5.51. The molecule has 46 valence electrons. The van der Waals surface area contributed by atoms with Gasteiger partial charge in [0.25, 0.3) is 0 Å². The van der Waals surface area contributed by atoms with Crippen molar-refractivity contribution in [3.63, 3.8) is 0 Å². The standard InChI is InChI=1S/C6H10ClN/c1-3-4-5-6(7)8-2/h4-5H,3H2,1-2H3. The zero-order chi connectivity index (χ0) is 6.41. The van der Waals surface area contributed by atoms with Gasteiger partial charge in [0.05, 0.1) is 0 Å². The van der Waals surface area contributed by atoms with Gasteiger partial charge in [-0.25, -0.2) is 0 Å². The molecule has 2 heteroatoms. The summed E-state index contributed by atoms with van der Waals surface area (Å²) in [5.74, 6) is 0. The van der Waals surface area contributed by atoms with Gasteiger partial charge in [-0.05, 0) is 12.5 Å². The summed E-state index contributed by atoms with van der Waals surface area (Å²) in [6, 6.07) is 0. The van der Waals surface area contributed by atoms with E-state index in [9.17, 15) is 0 Å². The third-order valence-electron chi connectivity index (χ3n) is 0.705. The second-order valence-corrected chi connectivity index (χ2v) is 1.74. The maximum absolute atomic E-state index is 5.51. The third kappa shape index (κ3) is 3.88. The Morgan fingerprint density at radius 1 is 1.75 bits per heavy atom. The molecule has 0 heterocycles. The fraction of sp³-hybridized carbons (Fsp3) is 0.500. The predicted octanol–water partition coefficient (Wildman–Crippen LogP) is 2.22. The van der Waals surface area contributed by atoms with Crippen LogP contribution in [0.4, 0.5) is 0 Å². The molecule has 0 bridgehead atoms. The Bertz CT molecular complexity index is 105. The van der Waals surface area contributed by atoms with Crippen LogP contribution in [0.1, 0.15) is 13.3 Å². The van der Waals surface area contributed by atoms with E-state index in [-0.39, 0.29) is 0 Å². The van der Waals surface area contributed by atoms with Gasteiger partial charge in [0.1, 0.15) is 5.17 Å². The number of hydrogen-bond acceptors (Lipinski definition) is 1. The highest BCUT2D eigenvalue weighted by Gasteiger charge is 1.77. The fourth-order valence-electron chi connectivity index (χ4n) is 0.290. The third-order valence-corrected chi connectivity index (χ3v) is 1.000. The van der Waals surface area contributed by atoms with Gasteiger partial charge in [-0.2, -0.15) is 0 Å². The minimum absolute atomic E-state index is 0.562. The van der Waals surface area contributed by atoms with Gasteiger partial charge < -0.3 is 0 Å². The molecule has 0 saturated carbocycles. The molecule has 0 atom stereocenters. The van der Waals surface area contributed by atoms with E-state index < -0.39 is 0 Å². The Balaban J connectivity index is 3.53. The first-order chi connectivity index (χ1) is 3.81. The second kappa shape index (κ2) is 4.85. The highest BCUT2D eigenvalue weighted by Crippen LogP contribution is 1.88.